The van der Waals surface area contributed by atoms with Crippen molar-refractivity contribution >= 4 is 33.5 Å². The number of ketones is 2. The molecule has 0 aromatic carbocycles. The molecule has 28 heavy (non-hydrogen) atoms. The van der Waals surface area contributed by atoms with Crippen LogP contribution < -0.4 is 11.2 Å². The number of aliphatic hydroxyl groups is 2. The summed E-state index contributed by atoms with van der Waals surface area (Å²) in [4.78, 5) is 60.1. The molecule has 2 rings (SSSR count). The standard InChI is InChI=1S/C16H19BrN2O9/c1-6(20)10(23)12-16(26,7(2)21)11(17)14(28-12)19-5-8(4-9(22)27-3)13(24)18-15(19)25/h5,10-12,14,23,26H,4H2,1-3H3,(H,18,24,25)/t10?,11-,12+,14+,16-/m0/s1. The summed E-state index contributed by atoms with van der Waals surface area (Å²) in [5, 5.41) is 20.9. The summed E-state index contributed by atoms with van der Waals surface area (Å²) in [5.74, 6) is -2.30. The van der Waals surface area contributed by atoms with Crippen molar-refractivity contribution in [1.29, 1.82) is 0 Å². The fraction of sp³-hybridized carbons (Fsp3) is 0.562. The fourth-order valence-electron chi connectivity index (χ4n) is 2.90. The number of rotatable bonds is 6. The van der Waals surface area contributed by atoms with Crippen molar-refractivity contribution in [2.24, 2.45) is 0 Å². The SMILES string of the molecule is COC(=O)Cc1cn([C@@H]2O[C@H](C(O)C(C)=O)[C@](O)(C(C)=O)[C@H]2Br)c(=O)[nH]c1=O. The van der Waals surface area contributed by atoms with E-state index in [0.29, 0.717) is 0 Å². The van der Waals surface area contributed by atoms with E-state index in [-0.39, 0.29) is 5.56 Å². The van der Waals surface area contributed by atoms with Crippen LogP contribution in [0.25, 0.3) is 0 Å². The van der Waals surface area contributed by atoms with Crippen LogP contribution in [0.3, 0.4) is 0 Å². The van der Waals surface area contributed by atoms with Crippen LogP contribution in [0.5, 0.6) is 0 Å². The van der Waals surface area contributed by atoms with Gasteiger partial charge in [-0.2, -0.15) is 0 Å². The lowest BCUT2D eigenvalue weighted by Gasteiger charge is -2.30. The van der Waals surface area contributed by atoms with E-state index in [0.717, 1.165) is 31.7 Å². The number of alkyl halides is 1. The van der Waals surface area contributed by atoms with Crippen molar-refractivity contribution in [3.8, 4) is 0 Å². The molecule has 5 atom stereocenters. The Morgan fingerprint density at radius 3 is 2.50 bits per heavy atom. The predicted molar refractivity (Wildman–Crippen MR) is 96.0 cm³/mol. The van der Waals surface area contributed by atoms with Crippen molar-refractivity contribution in [2.75, 3.05) is 7.11 Å². The number of aliphatic hydroxyl groups excluding tert-OH is 1. The number of aromatic amines is 1. The largest absolute Gasteiger partial charge is 0.469 e. The number of nitrogens with zero attached hydrogens (tertiary/aromatic N) is 1. The van der Waals surface area contributed by atoms with Crippen molar-refractivity contribution in [3.05, 3.63) is 32.6 Å². The van der Waals surface area contributed by atoms with Gasteiger partial charge in [0.1, 0.15) is 12.2 Å². The number of H-pyrrole nitrogens is 1. The molecule has 1 aliphatic heterocycles. The van der Waals surface area contributed by atoms with Gasteiger partial charge < -0.3 is 19.7 Å². The Morgan fingerprint density at radius 2 is 2.00 bits per heavy atom. The van der Waals surface area contributed by atoms with Gasteiger partial charge in [-0.1, -0.05) is 15.9 Å². The number of halogens is 1. The number of nitrogens with one attached hydrogen (secondary N) is 1. The van der Waals surface area contributed by atoms with Gasteiger partial charge in [0, 0.05) is 11.8 Å². The molecule has 2 heterocycles. The fourth-order valence-corrected chi connectivity index (χ4v) is 3.86. The molecule has 1 aromatic heterocycles. The third kappa shape index (κ3) is 3.72. The number of carbonyl (C=O) groups is 3. The van der Waals surface area contributed by atoms with Crippen molar-refractivity contribution < 1.29 is 34.1 Å². The van der Waals surface area contributed by atoms with E-state index in [2.05, 4.69) is 20.7 Å². The highest BCUT2D eigenvalue weighted by Gasteiger charge is 2.61. The lowest BCUT2D eigenvalue weighted by atomic mass is 9.86. The van der Waals surface area contributed by atoms with E-state index in [1.165, 1.54) is 0 Å². The van der Waals surface area contributed by atoms with Gasteiger partial charge in [0.15, 0.2) is 23.4 Å². The first-order valence-electron chi connectivity index (χ1n) is 8.07. The molecule has 1 fully saturated rings. The number of methoxy groups -OCH3 is 1. The molecule has 1 aromatic rings. The molecule has 12 heteroatoms. The summed E-state index contributed by atoms with van der Waals surface area (Å²) in [7, 11) is 1.13. The minimum atomic E-state index is -2.34. The van der Waals surface area contributed by atoms with Crippen LogP contribution in [0.1, 0.15) is 25.6 Å². The Morgan fingerprint density at radius 1 is 1.39 bits per heavy atom. The predicted octanol–water partition coefficient (Wildman–Crippen LogP) is -1.82. The molecule has 0 aliphatic carbocycles. The maximum absolute atomic E-state index is 12.3. The highest BCUT2D eigenvalue weighted by atomic mass is 79.9. The quantitative estimate of drug-likeness (QED) is 0.326. The van der Waals surface area contributed by atoms with Gasteiger partial charge in [0.2, 0.25) is 0 Å². The summed E-state index contributed by atoms with van der Waals surface area (Å²) >= 11 is 3.10. The number of aromatic nitrogens is 2. The summed E-state index contributed by atoms with van der Waals surface area (Å²) in [6.07, 6.45) is -4.30. The van der Waals surface area contributed by atoms with Gasteiger partial charge in [0.25, 0.3) is 5.56 Å². The zero-order chi connectivity index (χ0) is 21.4. The minimum absolute atomic E-state index is 0.128. The van der Waals surface area contributed by atoms with Crippen LogP contribution in [-0.2, 0) is 30.3 Å². The first-order chi connectivity index (χ1) is 12.9. The topological polar surface area (TPSA) is 165 Å². The number of hydrogen-bond donors (Lipinski definition) is 3. The molecule has 1 unspecified atom stereocenters. The van der Waals surface area contributed by atoms with E-state index in [1.54, 1.807) is 0 Å². The van der Waals surface area contributed by atoms with E-state index in [1.807, 2.05) is 4.98 Å². The van der Waals surface area contributed by atoms with Gasteiger partial charge in [-0.15, -0.1) is 0 Å². The normalized spacial score (nSPS) is 28.0. The van der Waals surface area contributed by atoms with Crippen LogP contribution in [0.15, 0.2) is 15.8 Å². The van der Waals surface area contributed by atoms with Crippen LogP contribution in [0, 0.1) is 0 Å². The maximum Gasteiger partial charge on any atom is 0.330 e. The second-order valence-corrected chi connectivity index (χ2v) is 7.35. The molecule has 0 amide bonds. The number of Topliss-reactive ketones (excluding diaryl/α,β-unsaturated/α-hetero) is 2. The first-order valence-corrected chi connectivity index (χ1v) is 8.99. The van der Waals surface area contributed by atoms with Gasteiger partial charge >= 0.3 is 11.7 Å². The Hall–Kier alpha value is -2.15. The van der Waals surface area contributed by atoms with Gasteiger partial charge in [-0.05, 0) is 13.8 Å². The molecule has 1 saturated heterocycles. The molecule has 0 radical (unpaired) electrons. The second-order valence-electron chi connectivity index (χ2n) is 6.36. The molecule has 0 bridgehead atoms. The van der Waals surface area contributed by atoms with Crippen molar-refractivity contribution in [2.45, 2.75) is 49.1 Å². The van der Waals surface area contributed by atoms with E-state index >= 15 is 0 Å². The van der Waals surface area contributed by atoms with Crippen LogP contribution in [0.4, 0.5) is 0 Å². The zero-order valence-electron chi connectivity index (χ0n) is 15.2. The number of ether oxygens (including phenoxy) is 2. The number of esters is 1. The average Bonchev–Trinajstić information content (AvgIpc) is 2.89. The number of hydrogen-bond acceptors (Lipinski definition) is 9. The van der Waals surface area contributed by atoms with E-state index in [4.69, 9.17) is 4.74 Å². The molecule has 11 nitrogen and oxygen atoms in total. The molecule has 0 spiro atoms. The molecular formula is C16H19BrN2O9. The smallest absolute Gasteiger partial charge is 0.330 e. The van der Waals surface area contributed by atoms with Gasteiger partial charge in [0.05, 0.1) is 18.4 Å². The number of carbonyl (C=O) groups excluding carboxylic acids is 3. The zero-order valence-corrected chi connectivity index (χ0v) is 16.8. The second kappa shape index (κ2) is 8.07. The Bertz CT molecular complexity index is 923. The summed E-state index contributed by atoms with van der Waals surface area (Å²) in [5.41, 5.74) is -4.24. The molecule has 0 saturated carbocycles. The molecule has 1 aliphatic rings. The third-order valence-corrected chi connectivity index (χ3v) is 5.69. The molecule has 3 N–H and O–H groups in total. The van der Waals surface area contributed by atoms with Gasteiger partial charge in [-0.25, -0.2) is 4.79 Å². The molecular weight excluding hydrogens is 444 g/mol. The van der Waals surface area contributed by atoms with Crippen LogP contribution in [0.2, 0.25) is 0 Å². The van der Waals surface area contributed by atoms with E-state index < -0.39 is 64.1 Å². The van der Waals surface area contributed by atoms with Crippen molar-refractivity contribution in [3.63, 3.8) is 0 Å². The summed E-state index contributed by atoms with van der Waals surface area (Å²) in [6.45, 7) is 2.09. The lowest BCUT2D eigenvalue weighted by molar-refractivity contribution is -0.158. The lowest BCUT2D eigenvalue weighted by Crippen LogP contribution is -2.56. The van der Waals surface area contributed by atoms with E-state index in [9.17, 15) is 34.2 Å². The Balaban J connectivity index is 2.56. The first kappa shape index (κ1) is 22.1. The molecule has 154 valence electrons. The Labute approximate surface area is 166 Å². The monoisotopic (exact) mass is 462 g/mol. The third-order valence-electron chi connectivity index (χ3n) is 4.54. The van der Waals surface area contributed by atoms with Crippen molar-refractivity contribution in [1.82, 2.24) is 9.55 Å². The highest BCUT2D eigenvalue weighted by Crippen LogP contribution is 2.43. The minimum Gasteiger partial charge on any atom is -0.469 e. The Kier molecular flexibility index (Phi) is 6.38. The highest BCUT2D eigenvalue weighted by molar-refractivity contribution is 9.09. The summed E-state index contributed by atoms with van der Waals surface area (Å²) < 4.78 is 10.8. The maximum atomic E-state index is 12.3. The van der Waals surface area contributed by atoms with Crippen LogP contribution >= 0.6 is 15.9 Å². The average molecular weight is 463 g/mol. The summed E-state index contributed by atoms with van der Waals surface area (Å²) in [6, 6.07) is 0. The van der Waals surface area contributed by atoms with Crippen LogP contribution in [-0.4, -0.2) is 67.0 Å². The van der Waals surface area contributed by atoms with Gasteiger partial charge in [-0.3, -0.25) is 28.7 Å².